The normalized spacial score (nSPS) is 13.4. The summed E-state index contributed by atoms with van der Waals surface area (Å²) in [7, 11) is 0. The standard InChI is InChI=1S/C28H30N2O2/c1-3-28(32)30(25-5-4-6-25)26-16-14-23(15-17-26)22-10-12-24(13-11-22)27(31)18-9-21-8-7-20(2)29-19-21/h7-8,10-17,19,25H,3-6,9,18H2,1-2H3. The first-order valence-corrected chi connectivity index (χ1v) is 11.5. The molecule has 0 radical (unpaired) electrons. The Kier molecular flexibility index (Phi) is 6.79. The molecule has 1 aliphatic carbocycles. The van der Waals surface area contributed by atoms with Gasteiger partial charge in [0.2, 0.25) is 5.91 Å². The Morgan fingerprint density at radius 2 is 1.59 bits per heavy atom. The van der Waals surface area contributed by atoms with E-state index >= 15 is 0 Å². The minimum atomic E-state index is 0.140. The lowest BCUT2D eigenvalue weighted by Gasteiger charge is -2.37. The molecule has 4 heteroatoms. The van der Waals surface area contributed by atoms with Gasteiger partial charge in [0.05, 0.1) is 0 Å². The second-order valence-corrected chi connectivity index (χ2v) is 8.56. The molecule has 2 aromatic carbocycles. The molecule has 0 bridgehead atoms. The van der Waals surface area contributed by atoms with E-state index in [0.717, 1.165) is 46.5 Å². The van der Waals surface area contributed by atoms with E-state index < -0.39 is 0 Å². The van der Waals surface area contributed by atoms with Gasteiger partial charge in [0.25, 0.3) is 0 Å². The molecule has 0 spiro atoms. The van der Waals surface area contributed by atoms with Gasteiger partial charge in [-0.05, 0) is 67.5 Å². The summed E-state index contributed by atoms with van der Waals surface area (Å²) in [6, 6.07) is 20.3. The maximum absolute atomic E-state index is 12.6. The summed E-state index contributed by atoms with van der Waals surface area (Å²) in [5, 5.41) is 0. The quantitative estimate of drug-likeness (QED) is 0.405. The van der Waals surface area contributed by atoms with Crippen LogP contribution >= 0.6 is 0 Å². The second-order valence-electron chi connectivity index (χ2n) is 8.56. The molecule has 0 N–H and O–H groups in total. The number of hydrogen-bond donors (Lipinski definition) is 0. The second kappa shape index (κ2) is 9.90. The first-order valence-electron chi connectivity index (χ1n) is 11.5. The molecule has 164 valence electrons. The summed E-state index contributed by atoms with van der Waals surface area (Å²) in [5.41, 5.74) is 5.91. The van der Waals surface area contributed by atoms with Crippen molar-refractivity contribution in [2.75, 3.05) is 4.90 Å². The average Bonchev–Trinajstić information content (AvgIpc) is 2.80. The molecule has 1 amide bonds. The molecule has 1 heterocycles. The lowest BCUT2D eigenvalue weighted by atomic mass is 9.90. The zero-order valence-electron chi connectivity index (χ0n) is 18.9. The van der Waals surface area contributed by atoms with E-state index in [1.165, 1.54) is 6.42 Å². The van der Waals surface area contributed by atoms with Crippen LogP contribution in [0.4, 0.5) is 5.69 Å². The van der Waals surface area contributed by atoms with Gasteiger partial charge in [-0.15, -0.1) is 0 Å². The lowest BCUT2D eigenvalue weighted by molar-refractivity contribution is -0.119. The van der Waals surface area contributed by atoms with E-state index in [-0.39, 0.29) is 11.7 Å². The maximum atomic E-state index is 12.6. The molecule has 1 saturated carbocycles. The van der Waals surface area contributed by atoms with E-state index in [1.54, 1.807) is 0 Å². The third kappa shape index (κ3) is 4.96. The Balaban J connectivity index is 1.41. The largest absolute Gasteiger partial charge is 0.309 e. The average molecular weight is 427 g/mol. The highest BCUT2D eigenvalue weighted by Gasteiger charge is 2.29. The van der Waals surface area contributed by atoms with Crippen molar-refractivity contribution in [1.29, 1.82) is 0 Å². The molecule has 4 rings (SSSR count). The fourth-order valence-corrected chi connectivity index (χ4v) is 4.09. The summed E-state index contributed by atoms with van der Waals surface area (Å²) >= 11 is 0. The van der Waals surface area contributed by atoms with Crippen molar-refractivity contribution in [3.63, 3.8) is 0 Å². The summed E-state index contributed by atoms with van der Waals surface area (Å²) in [5.74, 6) is 0.327. The van der Waals surface area contributed by atoms with E-state index in [9.17, 15) is 9.59 Å². The molecule has 1 aliphatic rings. The number of benzene rings is 2. The maximum Gasteiger partial charge on any atom is 0.226 e. The number of amides is 1. The van der Waals surface area contributed by atoms with Crippen LogP contribution in [0, 0.1) is 6.92 Å². The van der Waals surface area contributed by atoms with Gasteiger partial charge in [-0.1, -0.05) is 49.4 Å². The van der Waals surface area contributed by atoms with Gasteiger partial charge in [-0.3, -0.25) is 14.6 Å². The Morgan fingerprint density at radius 1 is 0.938 bits per heavy atom. The zero-order chi connectivity index (χ0) is 22.5. The number of aryl methyl sites for hydroxylation is 2. The highest BCUT2D eigenvalue weighted by atomic mass is 16.2. The fourth-order valence-electron chi connectivity index (χ4n) is 4.09. The molecule has 0 saturated heterocycles. The first kappa shape index (κ1) is 21.9. The molecular weight excluding hydrogens is 396 g/mol. The van der Waals surface area contributed by atoms with Crippen LogP contribution < -0.4 is 4.90 Å². The Hall–Kier alpha value is -3.27. The lowest BCUT2D eigenvalue weighted by Crippen LogP contribution is -2.44. The number of pyridine rings is 1. The topological polar surface area (TPSA) is 50.3 Å². The van der Waals surface area contributed by atoms with Crippen molar-refractivity contribution in [3.05, 3.63) is 83.7 Å². The Labute approximate surface area is 190 Å². The highest BCUT2D eigenvalue weighted by Crippen LogP contribution is 2.32. The van der Waals surface area contributed by atoms with Crippen molar-refractivity contribution in [3.8, 4) is 11.1 Å². The summed E-state index contributed by atoms with van der Waals surface area (Å²) in [6.07, 6.45) is 6.91. The van der Waals surface area contributed by atoms with Crippen LogP contribution in [0.15, 0.2) is 66.9 Å². The van der Waals surface area contributed by atoms with Gasteiger partial charge in [-0.2, -0.15) is 0 Å². The van der Waals surface area contributed by atoms with Crippen LogP contribution in [-0.2, 0) is 11.2 Å². The highest BCUT2D eigenvalue weighted by molar-refractivity contribution is 5.97. The van der Waals surface area contributed by atoms with Gasteiger partial charge in [-0.25, -0.2) is 0 Å². The molecule has 1 fully saturated rings. The number of rotatable bonds is 8. The number of carbonyl (C=O) groups is 2. The van der Waals surface area contributed by atoms with Crippen molar-refractivity contribution < 1.29 is 9.59 Å². The van der Waals surface area contributed by atoms with Gasteiger partial charge in [0.1, 0.15) is 0 Å². The molecule has 32 heavy (non-hydrogen) atoms. The summed E-state index contributed by atoms with van der Waals surface area (Å²) < 4.78 is 0. The third-order valence-corrected chi connectivity index (χ3v) is 6.31. The molecule has 0 atom stereocenters. The van der Waals surface area contributed by atoms with E-state index in [0.29, 0.717) is 25.3 Å². The molecule has 4 nitrogen and oxygen atoms in total. The van der Waals surface area contributed by atoms with Gasteiger partial charge in [0, 0.05) is 42.0 Å². The number of aromatic nitrogens is 1. The van der Waals surface area contributed by atoms with Crippen LogP contribution in [0.3, 0.4) is 0 Å². The van der Waals surface area contributed by atoms with Crippen LogP contribution in [0.25, 0.3) is 11.1 Å². The minimum Gasteiger partial charge on any atom is -0.309 e. The van der Waals surface area contributed by atoms with Crippen molar-refractivity contribution in [1.82, 2.24) is 4.98 Å². The van der Waals surface area contributed by atoms with Crippen molar-refractivity contribution >= 4 is 17.4 Å². The molecule has 3 aromatic rings. The number of hydrogen-bond acceptors (Lipinski definition) is 3. The monoisotopic (exact) mass is 426 g/mol. The number of anilines is 1. The molecular formula is C28H30N2O2. The van der Waals surface area contributed by atoms with Crippen LogP contribution in [-0.4, -0.2) is 22.7 Å². The zero-order valence-corrected chi connectivity index (χ0v) is 18.9. The third-order valence-electron chi connectivity index (χ3n) is 6.31. The SMILES string of the molecule is CCC(=O)N(c1ccc(-c2ccc(C(=O)CCc3ccc(C)nc3)cc2)cc1)C1CCC1. The summed E-state index contributed by atoms with van der Waals surface area (Å²) in [4.78, 5) is 31.3. The van der Waals surface area contributed by atoms with Crippen LogP contribution in [0.5, 0.6) is 0 Å². The van der Waals surface area contributed by atoms with E-state index in [1.807, 2.05) is 73.5 Å². The summed E-state index contributed by atoms with van der Waals surface area (Å²) in [6.45, 7) is 3.88. The number of ketones is 1. The Bertz CT molecular complexity index is 1070. The number of carbonyl (C=O) groups excluding carboxylic acids is 2. The van der Waals surface area contributed by atoms with Crippen molar-refractivity contribution in [2.45, 2.75) is 58.4 Å². The smallest absolute Gasteiger partial charge is 0.226 e. The van der Waals surface area contributed by atoms with Crippen molar-refractivity contribution in [2.24, 2.45) is 0 Å². The predicted octanol–water partition coefficient (Wildman–Crippen LogP) is 6.17. The number of nitrogens with zero attached hydrogens (tertiary/aromatic N) is 2. The molecule has 0 aliphatic heterocycles. The molecule has 0 unspecified atom stereocenters. The van der Waals surface area contributed by atoms with Gasteiger partial charge in [0.15, 0.2) is 5.78 Å². The van der Waals surface area contributed by atoms with Gasteiger partial charge >= 0.3 is 0 Å². The minimum absolute atomic E-state index is 0.140. The number of Topliss-reactive ketones (excluding diaryl/α,β-unsaturated/α-hetero) is 1. The van der Waals surface area contributed by atoms with E-state index in [4.69, 9.17) is 0 Å². The first-order chi connectivity index (χ1) is 15.5. The molecule has 1 aromatic heterocycles. The van der Waals surface area contributed by atoms with Gasteiger partial charge < -0.3 is 4.90 Å². The van der Waals surface area contributed by atoms with Crippen LogP contribution in [0.2, 0.25) is 0 Å². The van der Waals surface area contributed by atoms with Crippen LogP contribution in [0.1, 0.15) is 60.6 Å². The van der Waals surface area contributed by atoms with E-state index in [2.05, 4.69) is 17.1 Å². The predicted molar refractivity (Wildman–Crippen MR) is 129 cm³/mol. The Morgan fingerprint density at radius 3 is 2.12 bits per heavy atom. The fraction of sp³-hybridized carbons (Fsp3) is 0.321.